The fraction of sp³-hybridized carbons (Fsp3) is 0.118. The van der Waals surface area contributed by atoms with E-state index in [1.165, 1.54) is 42.5 Å². The van der Waals surface area contributed by atoms with Gasteiger partial charge in [0.1, 0.15) is 5.01 Å². The van der Waals surface area contributed by atoms with Crippen molar-refractivity contribution < 1.29 is 13.2 Å². The van der Waals surface area contributed by atoms with Gasteiger partial charge in [-0.25, -0.2) is 18.1 Å². The molecular formula is C17H15N3O3S2. The maximum atomic E-state index is 12.3. The smallest absolute Gasteiger partial charge is 0.240 e. The van der Waals surface area contributed by atoms with Crippen LogP contribution in [0.15, 0.2) is 59.1 Å². The van der Waals surface area contributed by atoms with Gasteiger partial charge >= 0.3 is 0 Å². The molecule has 8 heteroatoms. The first-order chi connectivity index (χ1) is 12.0. The maximum Gasteiger partial charge on any atom is 0.240 e. The van der Waals surface area contributed by atoms with Crippen LogP contribution < -0.4 is 4.72 Å². The molecule has 3 aromatic rings. The van der Waals surface area contributed by atoms with Gasteiger partial charge in [0.15, 0.2) is 5.78 Å². The van der Waals surface area contributed by atoms with E-state index in [9.17, 15) is 13.2 Å². The van der Waals surface area contributed by atoms with Crippen LogP contribution in [-0.4, -0.2) is 24.2 Å². The van der Waals surface area contributed by atoms with E-state index < -0.39 is 10.0 Å². The fourth-order valence-electron chi connectivity index (χ4n) is 2.13. The van der Waals surface area contributed by atoms with Gasteiger partial charge < -0.3 is 0 Å². The molecule has 0 radical (unpaired) electrons. The van der Waals surface area contributed by atoms with Crippen LogP contribution in [0.3, 0.4) is 0 Å². The highest BCUT2D eigenvalue weighted by Crippen LogP contribution is 2.22. The summed E-state index contributed by atoms with van der Waals surface area (Å²) in [5.41, 5.74) is 1.99. The fourth-order valence-corrected chi connectivity index (χ4v) is 3.94. The molecule has 0 spiro atoms. The van der Waals surface area contributed by atoms with E-state index in [0.717, 1.165) is 10.6 Å². The summed E-state index contributed by atoms with van der Waals surface area (Å²) in [6.07, 6.45) is 3.40. The van der Waals surface area contributed by atoms with Crippen molar-refractivity contribution >= 4 is 27.1 Å². The van der Waals surface area contributed by atoms with Crippen molar-refractivity contribution in [3.8, 4) is 10.6 Å². The van der Waals surface area contributed by atoms with Crippen molar-refractivity contribution in [1.29, 1.82) is 0 Å². The number of nitrogens with one attached hydrogen (secondary N) is 1. The minimum absolute atomic E-state index is 0.0908. The molecule has 0 aliphatic heterocycles. The molecule has 0 fully saturated rings. The Morgan fingerprint density at radius 1 is 1.20 bits per heavy atom. The first kappa shape index (κ1) is 17.4. The normalized spacial score (nSPS) is 11.4. The third kappa shape index (κ3) is 4.16. The van der Waals surface area contributed by atoms with Gasteiger partial charge in [0.25, 0.3) is 0 Å². The second-order valence-corrected chi connectivity index (χ2v) is 7.92. The molecule has 0 aliphatic rings. The van der Waals surface area contributed by atoms with E-state index in [-0.39, 0.29) is 17.2 Å². The predicted molar refractivity (Wildman–Crippen MR) is 95.8 cm³/mol. The third-order valence-corrected chi connectivity index (χ3v) is 5.83. The molecule has 2 aromatic heterocycles. The second-order valence-electron chi connectivity index (χ2n) is 5.29. The van der Waals surface area contributed by atoms with Crippen LogP contribution in [-0.2, 0) is 16.6 Å². The van der Waals surface area contributed by atoms with E-state index in [0.29, 0.717) is 11.3 Å². The minimum atomic E-state index is -3.67. The highest BCUT2D eigenvalue weighted by molar-refractivity contribution is 7.89. The lowest BCUT2D eigenvalue weighted by Crippen LogP contribution is -2.23. The molecule has 2 heterocycles. The maximum absolute atomic E-state index is 12.3. The quantitative estimate of drug-likeness (QED) is 0.671. The molecule has 0 saturated carbocycles. The summed E-state index contributed by atoms with van der Waals surface area (Å²) in [4.78, 5) is 19.8. The number of pyridine rings is 1. The summed E-state index contributed by atoms with van der Waals surface area (Å²) in [6.45, 7) is 1.53. The Morgan fingerprint density at radius 2 is 1.96 bits per heavy atom. The van der Waals surface area contributed by atoms with Crippen molar-refractivity contribution in [2.75, 3.05) is 0 Å². The Morgan fingerprint density at radius 3 is 2.60 bits per heavy atom. The van der Waals surface area contributed by atoms with Crippen LogP contribution >= 0.6 is 11.3 Å². The molecule has 0 unspecified atom stereocenters. The average Bonchev–Trinajstić information content (AvgIpc) is 3.10. The number of nitrogens with zero attached hydrogens (tertiary/aromatic N) is 2. The van der Waals surface area contributed by atoms with E-state index >= 15 is 0 Å². The van der Waals surface area contributed by atoms with Gasteiger partial charge in [0.2, 0.25) is 10.0 Å². The molecule has 3 rings (SSSR count). The van der Waals surface area contributed by atoms with Gasteiger partial charge in [-0.1, -0.05) is 12.1 Å². The van der Waals surface area contributed by atoms with Crippen LogP contribution in [0.1, 0.15) is 23.0 Å². The zero-order chi connectivity index (χ0) is 17.9. The number of thiazole rings is 1. The Kier molecular flexibility index (Phi) is 5.03. The molecule has 0 bridgehead atoms. The molecule has 128 valence electrons. The molecule has 0 amide bonds. The van der Waals surface area contributed by atoms with Gasteiger partial charge in [0.05, 0.1) is 17.1 Å². The Labute approximate surface area is 149 Å². The topological polar surface area (TPSA) is 89.0 Å². The number of rotatable bonds is 6. The number of Topliss-reactive ketones (excluding diaryl/α,β-unsaturated/α-hetero) is 1. The molecule has 6 nitrogen and oxygen atoms in total. The average molecular weight is 373 g/mol. The van der Waals surface area contributed by atoms with Crippen molar-refractivity contribution in [2.24, 2.45) is 0 Å². The summed E-state index contributed by atoms with van der Waals surface area (Å²) in [6, 6.07) is 9.56. The summed E-state index contributed by atoms with van der Waals surface area (Å²) in [5.74, 6) is -0.109. The second kappa shape index (κ2) is 7.22. The van der Waals surface area contributed by atoms with E-state index in [1.807, 2.05) is 17.5 Å². The molecule has 0 aliphatic carbocycles. The number of hydrogen-bond donors (Lipinski definition) is 1. The molecule has 25 heavy (non-hydrogen) atoms. The lowest BCUT2D eigenvalue weighted by atomic mass is 10.2. The first-order valence-corrected chi connectivity index (χ1v) is 9.77. The molecule has 1 aromatic carbocycles. The van der Waals surface area contributed by atoms with Crippen molar-refractivity contribution in [3.05, 3.63) is 65.4 Å². The molecule has 0 saturated heterocycles. The number of carbonyl (C=O) groups excluding carboxylic acids is 1. The van der Waals surface area contributed by atoms with Crippen molar-refractivity contribution in [2.45, 2.75) is 18.4 Å². The molecular weight excluding hydrogens is 358 g/mol. The largest absolute Gasteiger partial charge is 0.295 e. The lowest BCUT2D eigenvalue weighted by Gasteiger charge is -2.06. The summed E-state index contributed by atoms with van der Waals surface area (Å²) in [7, 11) is -3.67. The number of aromatic nitrogens is 2. The standard InChI is InChI=1S/C17H15N3O3S2/c1-12(21)13-4-6-16(7-5-13)25(22,23)19-10-15-11-24-17(20-15)14-3-2-8-18-9-14/h2-9,11,19H,10H2,1H3. The summed E-state index contributed by atoms with van der Waals surface area (Å²) in [5, 5.41) is 2.59. The van der Waals surface area contributed by atoms with Crippen molar-refractivity contribution in [3.63, 3.8) is 0 Å². The number of sulfonamides is 1. The van der Waals surface area contributed by atoms with Gasteiger partial charge in [-0.2, -0.15) is 0 Å². The molecule has 0 atom stereocenters. The highest BCUT2D eigenvalue weighted by Gasteiger charge is 2.15. The SMILES string of the molecule is CC(=O)c1ccc(S(=O)(=O)NCc2csc(-c3cccnc3)n2)cc1. The number of ketones is 1. The van der Waals surface area contributed by atoms with E-state index in [1.54, 1.807) is 12.4 Å². The number of carbonyl (C=O) groups is 1. The van der Waals surface area contributed by atoms with Gasteiger partial charge in [-0.05, 0) is 31.2 Å². The van der Waals surface area contributed by atoms with E-state index in [4.69, 9.17) is 0 Å². The summed E-state index contributed by atoms with van der Waals surface area (Å²) >= 11 is 1.43. The lowest BCUT2D eigenvalue weighted by molar-refractivity contribution is 0.101. The number of hydrogen-bond acceptors (Lipinski definition) is 6. The molecule has 1 N–H and O–H groups in total. The van der Waals surface area contributed by atoms with E-state index in [2.05, 4.69) is 14.7 Å². The van der Waals surface area contributed by atoms with Gasteiger partial charge in [0, 0.05) is 28.9 Å². The van der Waals surface area contributed by atoms with Crippen LogP contribution in [0, 0.1) is 0 Å². The zero-order valence-electron chi connectivity index (χ0n) is 13.3. The van der Waals surface area contributed by atoms with Crippen LogP contribution in [0.25, 0.3) is 10.6 Å². The predicted octanol–water partition coefficient (Wildman–Crippen LogP) is 2.89. The van der Waals surface area contributed by atoms with Gasteiger partial charge in [-0.15, -0.1) is 11.3 Å². The first-order valence-electron chi connectivity index (χ1n) is 7.41. The van der Waals surface area contributed by atoms with Crippen LogP contribution in [0.5, 0.6) is 0 Å². The van der Waals surface area contributed by atoms with Crippen LogP contribution in [0.2, 0.25) is 0 Å². The Hall–Kier alpha value is -2.42. The Bertz CT molecular complexity index is 981. The van der Waals surface area contributed by atoms with Crippen LogP contribution in [0.4, 0.5) is 0 Å². The van der Waals surface area contributed by atoms with Crippen molar-refractivity contribution in [1.82, 2.24) is 14.7 Å². The zero-order valence-corrected chi connectivity index (χ0v) is 15.0. The van der Waals surface area contributed by atoms with Gasteiger partial charge in [-0.3, -0.25) is 9.78 Å². The Balaban J connectivity index is 1.70. The third-order valence-electron chi connectivity index (χ3n) is 3.47. The minimum Gasteiger partial charge on any atom is -0.295 e. The highest BCUT2D eigenvalue weighted by atomic mass is 32.2. The monoisotopic (exact) mass is 373 g/mol. The number of benzene rings is 1. The summed E-state index contributed by atoms with van der Waals surface area (Å²) < 4.78 is 27.2.